The number of carbonyl (C=O) groups is 1. The van der Waals surface area contributed by atoms with E-state index in [1.165, 1.54) is 11.1 Å². The largest absolute Gasteiger partial charge is 0.466 e. The molecule has 2 aromatic rings. The van der Waals surface area contributed by atoms with Crippen LogP contribution in [0.4, 0.5) is 0 Å². The molecule has 0 aliphatic carbocycles. The smallest absolute Gasteiger partial charge is 0.305 e. The Morgan fingerprint density at radius 3 is 2.00 bits per heavy atom. The average molecular weight is 339 g/mol. The fourth-order valence-corrected chi connectivity index (χ4v) is 3.48. The molecular formula is C22H29NO2. The average Bonchev–Trinajstić information content (AvgIpc) is 2.66. The maximum absolute atomic E-state index is 12.1. The summed E-state index contributed by atoms with van der Waals surface area (Å²) >= 11 is 0. The van der Waals surface area contributed by atoms with Crippen molar-refractivity contribution in [3.05, 3.63) is 71.8 Å². The van der Waals surface area contributed by atoms with Gasteiger partial charge in [-0.15, -0.1) is 0 Å². The summed E-state index contributed by atoms with van der Waals surface area (Å²) < 4.78 is 5.19. The lowest BCUT2D eigenvalue weighted by atomic mass is 9.67. The van der Waals surface area contributed by atoms with Crippen LogP contribution in [0.1, 0.15) is 44.2 Å². The number of benzene rings is 2. The van der Waals surface area contributed by atoms with Gasteiger partial charge in [-0.2, -0.15) is 0 Å². The topological polar surface area (TPSA) is 38.3 Å². The number of nitrogens with one attached hydrogen (secondary N) is 1. The number of hydrogen-bond acceptors (Lipinski definition) is 3. The van der Waals surface area contributed by atoms with Gasteiger partial charge in [0.15, 0.2) is 0 Å². The Balaban J connectivity index is 2.47. The van der Waals surface area contributed by atoms with Crippen LogP contribution in [-0.2, 0) is 14.9 Å². The zero-order chi connectivity index (χ0) is 18.1. The summed E-state index contributed by atoms with van der Waals surface area (Å²) in [4.78, 5) is 12.1. The van der Waals surface area contributed by atoms with Gasteiger partial charge in [0.2, 0.25) is 0 Å². The molecule has 0 spiro atoms. The second-order valence-corrected chi connectivity index (χ2v) is 6.51. The Bertz CT molecular complexity index is 600. The lowest BCUT2D eigenvalue weighted by molar-refractivity contribution is -0.143. The standard InChI is InChI=1S/C22H29NO2/c1-4-25-21(24)15-16-22(17-18(2)23-3,19-11-7-5-8-12-19)20-13-9-6-10-14-20/h5-14,18,23H,4,15-17H2,1-3H3. The summed E-state index contributed by atoms with van der Waals surface area (Å²) in [5, 5.41) is 3.36. The van der Waals surface area contributed by atoms with Crippen molar-refractivity contribution in [3.8, 4) is 0 Å². The third-order valence-corrected chi connectivity index (χ3v) is 4.86. The van der Waals surface area contributed by atoms with Crippen LogP contribution in [-0.4, -0.2) is 25.7 Å². The normalized spacial score (nSPS) is 12.6. The van der Waals surface area contributed by atoms with Crippen molar-refractivity contribution in [1.82, 2.24) is 5.32 Å². The van der Waals surface area contributed by atoms with E-state index in [0.717, 1.165) is 12.8 Å². The molecule has 0 aromatic heterocycles. The third kappa shape index (κ3) is 4.93. The van der Waals surface area contributed by atoms with Crippen molar-refractivity contribution in [2.45, 2.75) is 44.6 Å². The van der Waals surface area contributed by atoms with Crippen LogP contribution in [0.25, 0.3) is 0 Å². The minimum absolute atomic E-state index is 0.129. The molecule has 25 heavy (non-hydrogen) atoms. The van der Waals surface area contributed by atoms with E-state index in [0.29, 0.717) is 19.1 Å². The van der Waals surface area contributed by atoms with Gasteiger partial charge < -0.3 is 10.1 Å². The number of rotatable bonds is 9. The summed E-state index contributed by atoms with van der Waals surface area (Å²) in [5.41, 5.74) is 2.26. The van der Waals surface area contributed by atoms with Crippen molar-refractivity contribution in [2.75, 3.05) is 13.7 Å². The summed E-state index contributed by atoms with van der Waals surface area (Å²) in [6, 6.07) is 21.3. The molecule has 0 heterocycles. The van der Waals surface area contributed by atoms with Gasteiger partial charge in [-0.05, 0) is 44.9 Å². The first-order valence-corrected chi connectivity index (χ1v) is 9.06. The highest BCUT2D eigenvalue weighted by Crippen LogP contribution is 2.41. The van der Waals surface area contributed by atoms with Gasteiger partial charge in [0.1, 0.15) is 0 Å². The predicted molar refractivity (Wildman–Crippen MR) is 103 cm³/mol. The monoisotopic (exact) mass is 339 g/mol. The van der Waals surface area contributed by atoms with E-state index in [2.05, 4.69) is 60.8 Å². The van der Waals surface area contributed by atoms with Gasteiger partial charge in [-0.25, -0.2) is 0 Å². The quantitative estimate of drug-likeness (QED) is 0.692. The Labute approximate surface area is 151 Å². The van der Waals surface area contributed by atoms with E-state index >= 15 is 0 Å². The predicted octanol–water partition coefficient (Wildman–Crippen LogP) is 4.31. The molecule has 0 amide bonds. The Kier molecular flexibility index (Phi) is 7.20. The van der Waals surface area contributed by atoms with Crippen molar-refractivity contribution in [3.63, 3.8) is 0 Å². The van der Waals surface area contributed by atoms with Crippen molar-refractivity contribution >= 4 is 5.97 Å². The molecule has 1 N–H and O–H groups in total. The zero-order valence-electron chi connectivity index (χ0n) is 15.5. The molecule has 0 fully saturated rings. The fourth-order valence-electron chi connectivity index (χ4n) is 3.48. The Morgan fingerprint density at radius 2 is 1.56 bits per heavy atom. The number of hydrogen-bond donors (Lipinski definition) is 1. The zero-order valence-corrected chi connectivity index (χ0v) is 15.5. The number of ether oxygens (including phenoxy) is 1. The highest BCUT2D eigenvalue weighted by Gasteiger charge is 2.35. The number of carbonyl (C=O) groups excluding carboxylic acids is 1. The molecule has 0 saturated heterocycles. The van der Waals surface area contributed by atoms with Crippen LogP contribution >= 0.6 is 0 Å². The van der Waals surface area contributed by atoms with E-state index in [1.54, 1.807) is 0 Å². The van der Waals surface area contributed by atoms with Crippen molar-refractivity contribution in [2.24, 2.45) is 0 Å². The minimum Gasteiger partial charge on any atom is -0.466 e. The van der Waals surface area contributed by atoms with Crippen LogP contribution in [0.2, 0.25) is 0 Å². The first-order chi connectivity index (χ1) is 12.1. The molecular weight excluding hydrogens is 310 g/mol. The van der Waals surface area contributed by atoms with Gasteiger partial charge in [0.25, 0.3) is 0 Å². The molecule has 0 bridgehead atoms. The minimum atomic E-state index is -0.224. The Hall–Kier alpha value is -2.13. The van der Waals surface area contributed by atoms with Crippen molar-refractivity contribution in [1.29, 1.82) is 0 Å². The van der Waals surface area contributed by atoms with Gasteiger partial charge in [-0.3, -0.25) is 4.79 Å². The summed E-state index contributed by atoms with van der Waals surface area (Å²) in [6.45, 7) is 4.46. The van der Waals surface area contributed by atoms with Gasteiger partial charge >= 0.3 is 5.97 Å². The molecule has 2 rings (SSSR count). The van der Waals surface area contributed by atoms with E-state index in [9.17, 15) is 4.79 Å². The van der Waals surface area contributed by atoms with Crippen LogP contribution < -0.4 is 5.32 Å². The van der Waals surface area contributed by atoms with Gasteiger partial charge in [0, 0.05) is 17.9 Å². The summed E-state index contributed by atoms with van der Waals surface area (Å²) in [7, 11) is 1.98. The first-order valence-electron chi connectivity index (χ1n) is 9.06. The molecule has 0 aliphatic heterocycles. The highest BCUT2D eigenvalue weighted by atomic mass is 16.5. The second-order valence-electron chi connectivity index (χ2n) is 6.51. The molecule has 0 aliphatic rings. The molecule has 0 radical (unpaired) electrons. The molecule has 2 aromatic carbocycles. The highest BCUT2D eigenvalue weighted by molar-refractivity contribution is 5.69. The molecule has 134 valence electrons. The molecule has 1 atom stereocenters. The maximum atomic E-state index is 12.1. The van der Waals surface area contributed by atoms with E-state index in [-0.39, 0.29) is 11.4 Å². The molecule has 1 unspecified atom stereocenters. The van der Waals surface area contributed by atoms with Crippen LogP contribution in [0.5, 0.6) is 0 Å². The van der Waals surface area contributed by atoms with Gasteiger partial charge in [-0.1, -0.05) is 60.7 Å². The second kappa shape index (κ2) is 9.38. The maximum Gasteiger partial charge on any atom is 0.305 e. The fraction of sp³-hybridized carbons (Fsp3) is 0.409. The van der Waals surface area contributed by atoms with Gasteiger partial charge in [0.05, 0.1) is 6.61 Å². The first kappa shape index (κ1) is 19.2. The van der Waals surface area contributed by atoms with E-state index < -0.39 is 0 Å². The van der Waals surface area contributed by atoms with Crippen LogP contribution in [0, 0.1) is 0 Å². The molecule has 3 heteroatoms. The molecule has 0 saturated carbocycles. The lowest BCUT2D eigenvalue weighted by Crippen LogP contribution is -2.37. The Morgan fingerprint density at radius 1 is 1.04 bits per heavy atom. The van der Waals surface area contributed by atoms with Crippen LogP contribution in [0.3, 0.4) is 0 Å². The summed E-state index contributed by atoms with van der Waals surface area (Å²) in [5.74, 6) is -0.129. The van der Waals surface area contributed by atoms with Crippen LogP contribution in [0.15, 0.2) is 60.7 Å². The summed E-state index contributed by atoms with van der Waals surface area (Å²) in [6.07, 6.45) is 2.05. The SMILES string of the molecule is CCOC(=O)CCC(CC(C)NC)(c1ccccc1)c1ccccc1. The van der Waals surface area contributed by atoms with Crippen molar-refractivity contribution < 1.29 is 9.53 Å². The lowest BCUT2D eigenvalue weighted by Gasteiger charge is -2.37. The van der Waals surface area contributed by atoms with E-state index in [4.69, 9.17) is 4.74 Å². The molecule has 3 nitrogen and oxygen atoms in total. The third-order valence-electron chi connectivity index (χ3n) is 4.86. The number of esters is 1. The van der Waals surface area contributed by atoms with E-state index in [1.807, 2.05) is 26.1 Å².